The molecule has 236 valence electrons. The van der Waals surface area contributed by atoms with E-state index in [-0.39, 0.29) is 0 Å². The summed E-state index contributed by atoms with van der Waals surface area (Å²) in [4.78, 5) is 7.27. The van der Waals surface area contributed by atoms with E-state index in [1.165, 1.54) is 33.0 Å². The fraction of sp³-hybridized carbons (Fsp3) is 0. The van der Waals surface area contributed by atoms with Gasteiger partial charge >= 0.3 is 0 Å². The summed E-state index contributed by atoms with van der Waals surface area (Å²) in [5, 5.41) is 2.47. The lowest BCUT2D eigenvalue weighted by Gasteiger charge is -2.27. The van der Waals surface area contributed by atoms with Crippen LogP contribution >= 0.6 is 0 Å². The molecule has 0 spiro atoms. The molecule has 1 aromatic heterocycles. The molecule has 0 saturated heterocycles. The number of hydrogen-bond acceptors (Lipinski definition) is 3. The standard InChI is InChI=1S/C47H32N2O/c1-3-12-33(13-4-1)38-18-9-20-42(31-38)49(43-21-10-19-39(32-43)40-25-24-34-14-7-8-17-37(34)30-40)41-28-26-35(27-29-41)44-22-11-23-45-46(44)48-47(50-45)36-15-5-2-6-16-36/h1-32H. The smallest absolute Gasteiger partial charge is 0.227 e. The van der Waals surface area contributed by atoms with Gasteiger partial charge in [0.1, 0.15) is 5.52 Å². The van der Waals surface area contributed by atoms with Crippen molar-refractivity contribution in [2.45, 2.75) is 0 Å². The van der Waals surface area contributed by atoms with Crippen molar-refractivity contribution in [3.8, 4) is 44.8 Å². The molecule has 0 bridgehead atoms. The van der Waals surface area contributed by atoms with Gasteiger partial charge in [-0.05, 0) is 99.3 Å². The number of fused-ring (bicyclic) bond motifs is 2. The Morgan fingerprint density at radius 1 is 0.360 bits per heavy atom. The van der Waals surface area contributed by atoms with Crippen LogP contribution in [0.1, 0.15) is 0 Å². The molecular formula is C47H32N2O. The number of aromatic nitrogens is 1. The Kier molecular flexibility index (Phi) is 7.49. The molecule has 0 saturated carbocycles. The monoisotopic (exact) mass is 640 g/mol. The molecule has 50 heavy (non-hydrogen) atoms. The molecule has 3 nitrogen and oxygen atoms in total. The highest BCUT2D eigenvalue weighted by Gasteiger charge is 2.17. The van der Waals surface area contributed by atoms with Crippen molar-refractivity contribution in [1.82, 2.24) is 4.98 Å². The minimum atomic E-state index is 0.625. The Morgan fingerprint density at radius 3 is 1.64 bits per heavy atom. The SMILES string of the molecule is c1ccc(-c2cccc(N(c3ccc(-c4cccc5oc(-c6ccccc6)nc45)cc3)c3cccc(-c4ccc5ccccc5c4)c3)c2)cc1. The van der Waals surface area contributed by atoms with E-state index in [0.717, 1.165) is 44.9 Å². The maximum absolute atomic E-state index is 6.19. The Morgan fingerprint density at radius 2 is 0.920 bits per heavy atom. The van der Waals surface area contributed by atoms with Gasteiger partial charge in [-0.1, -0.05) is 133 Å². The largest absolute Gasteiger partial charge is 0.436 e. The summed E-state index contributed by atoms with van der Waals surface area (Å²) in [7, 11) is 0. The van der Waals surface area contributed by atoms with Crippen molar-refractivity contribution in [1.29, 1.82) is 0 Å². The number of nitrogens with zero attached hydrogens (tertiary/aromatic N) is 2. The second-order valence-corrected chi connectivity index (χ2v) is 12.4. The van der Waals surface area contributed by atoms with Crippen molar-refractivity contribution in [3.05, 3.63) is 194 Å². The Labute approximate surface area is 291 Å². The zero-order valence-electron chi connectivity index (χ0n) is 27.3. The first-order valence-corrected chi connectivity index (χ1v) is 16.9. The first-order chi connectivity index (χ1) is 24.8. The van der Waals surface area contributed by atoms with Crippen molar-refractivity contribution in [3.63, 3.8) is 0 Å². The Balaban J connectivity index is 1.14. The minimum Gasteiger partial charge on any atom is -0.436 e. The van der Waals surface area contributed by atoms with Gasteiger partial charge in [0.15, 0.2) is 5.58 Å². The molecule has 0 aliphatic rings. The Bertz CT molecular complexity index is 2590. The van der Waals surface area contributed by atoms with Gasteiger partial charge in [0.2, 0.25) is 5.89 Å². The summed E-state index contributed by atoms with van der Waals surface area (Å²) in [6.07, 6.45) is 0. The summed E-state index contributed by atoms with van der Waals surface area (Å²) in [5.74, 6) is 0.625. The summed E-state index contributed by atoms with van der Waals surface area (Å²) >= 11 is 0. The lowest BCUT2D eigenvalue weighted by Crippen LogP contribution is -2.10. The topological polar surface area (TPSA) is 29.3 Å². The minimum absolute atomic E-state index is 0.625. The van der Waals surface area contributed by atoms with Gasteiger partial charge < -0.3 is 9.32 Å². The lowest BCUT2D eigenvalue weighted by molar-refractivity contribution is 0.620. The molecule has 0 fully saturated rings. The fourth-order valence-electron chi connectivity index (χ4n) is 6.77. The normalized spacial score (nSPS) is 11.2. The van der Waals surface area contributed by atoms with Crippen LogP contribution < -0.4 is 4.90 Å². The average molecular weight is 641 g/mol. The molecule has 9 rings (SSSR count). The van der Waals surface area contributed by atoms with Crippen molar-refractivity contribution in [2.75, 3.05) is 4.90 Å². The van der Waals surface area contributed by atoms with Gasteiger partial charge in [0, 0.05) is 28.2 Å². The van der Waals surface area contributed by atoms with Crippen molar-refractivity contribution in [2.24, 2.45) is 0 Å². The van der Waals surface area contributed by atoms with Crippen LogP contribution in [0.5, 0.6) is 0 Å². The molecule has 0 aliphatic carbocycles. The molecule has 3 heteroatoms. The van der Waals surface area contributed by atoms with Crippen LogP contribution in [0, 0.1) is 0 Å². The third-order valence-corrected chi connectivity index (χ3v) is 9.27. The first kappa shape index (κ1) is 29.4. The van der Waals surface area contributed by atoms with Gasteiger partial charge in [0.05, 0.1) is 0 Å². The van der Waals surface area contributed by atoms with Crippen LogP contribution in [0.4, 0.5) is 17.1 Å². The molecule has 0 aliphatic heterocycles. The third kappa shape index (κ3) is 5.61. The summed E-state index contributed by atoms with van der Waals surface area (Å²) in [6, 6.07) is 68.3. The predicted molar refractivity (Wildman–Crippen MR) is 208 cm³/mol. The average Bonchev–Trinajstić information content (AvgIpc) is 3.64. The lowest BCUT2D eigenvalue weighted by atomic mass is 10.00. The Hall–Kier alpha value is -6.71. The molecule has 0 unspecified atom stereocenters. The van der Waals surface area contributed by atoms with Crippen LogP contribution in [-0.2, 0) is 0 Å². The fourth-order valence-corrected chi connectivity index (χ4v) is 6.77. The molecule has 0 radical (unpaired) electrons. The molecule has 1 heterocycles. The predicted octanol–water partition coefficient (Wildman–Crippen LogP) is 13.1. The maximum atomic E-state index is 6.19. The van der Waals surface area contributed by atoms with E-state index in [4.69, 9.17) is 9.40 Å². The molecule has 8 aromatic carbocycles. The van der Waals surface area contributed by atoms with Gasteiger partial charge in [-0.3, -0.25) is 0 Å². The first-order valence-electron chi connectivity index (χ1n) is 16.9. The van der Waals surface area contributed by atoms with Crippen molar-refractivity contribution >= 4 is 38.9 Å². The zero-order chi connectivity index (χ0) is 33.3. The molecule has 0 N–H and O–H groups in total. The van der Waals surface area contributed by atoms with Crippen LogP contribution in [-0.4, -0.2) is 4.98 Å². The van der Waals surface area contributed by atoms with E-state index in [1.54, 1.807) is 0 Å². The highest BCUT2D eigenvalue weighted by Crippen LogP contribution is 2.40. The molecule has 0 atom stereocenters. The van der Waals surface area contributed by atoms with Gasteiger partial charge in [-0.25, -0.2) is 4.98 Å². The number of para-hydroxylation sites is 1. The van der Waals surface area contributed by atoms with Gasteiger partial charge in [0.25, 0.3) is 0 Å². The van der Waals surface area contributed by atoms with Gasteiger partial charge in [-0.2, -0.15) is 0 Å². The molecule has 9 aromatic rings. The quantitative estimate of drug-likeness (QED) is 0.174. The van der Waals surface area contributed by atoms with E-state index in [2.05, 4.69) is 157 Å². The van der Waals surface area contributed by atoms with E-state index >= 15 is 0 Å². The number of hydrogen-bond donors (Lipinski definition) is 0. The summed E-state index contributed by atoms with van der Waals surface area (Å²) in [5.41, 5.74) is 12.6. The number of benzene rings is 8. The number of anilines is 3. The second kappa shape index (κ2) is 12.7. The van der Waals surface area contributed by atoms with Gasteiger partial charge in [-0.15, -0.1) is 0 Å². The number of oxazole rings is 1. The highest BCUT2D eigenvalue weighted by molar-refractivity contribution is 5.93. The zero-order valence-corrected chi connectivity index (χ0v) is 27.3. The maximum Gasteiger partial charge on any atom is 0.227 e. The third-order valence-electron chi connectivity index (χ3n) is 9.27. The number of rotatable bonds is 7. The van der Waals surface area contributed by atoms with E-state index < -0.39 is 0 Å². The van der Waals surface area contributed by atoms with Crippen LogP contribution in [0.2, 0.25) is 0 Å². The van der Waals surface area contributed by atoms with Crippen LogP contribution in [0.15, 0.2) is 199 Å². The van der Waals surface area contributed by atoms with E-state index in [0.29, 0.717) is 5.89 Å². The van der Waals surface area contributed by atoms with E-state index in [1.807, 2.05) is 42.5 Å². The summed E-state index contributed by atoms with van der Waals surface area (Å²) in [6.45, 7) is 0. The second-order valence-electron chi connectivity index (χ2n) is 12.4. The van der Waals surface area contributed by atoms with Crippen LogP contribution in [0.3, 0.4) is 0 Å². The summed E-state index contributed by atoms with van der Waals surface area (Å²) < 4.78 is 6.19. The highest BCUT2D eigenvalue weighted by atomic mass is 16.3. The molecule has 0 amide bonds. The molecular weight excluding hydrogens is 609 g/mol. The van der Waals surface area contributed by atoms with Crippen molar-refractivity contribution < 1.29 is 4.42 Å². The van der Waals surface area contributed by atoms with E-state index in [9.17, 15) is 0 Å². The van der Waals surface area contributed by atoms with Crippen LogP contribution in [0.25, 0.3) is 66.7 Å².